The van der Waals surface area contributed by atoms with Crippen molar-refractivity contribution in [2.24, 2.45) is 0 Å². The van der Waals surface area contributed by atoms with Gasteiger partial charge in [-0.2, -0.15) is 0 Å². The summed E-state index contributed by atoms with van der Waals surface area (Å²) in [6.07, 6.45) is 1.08. The number of ether oxygens (including phenoxy) is 3. The largest absolute Gasteiger partial charge is 0.491 e. The fourth-order valence-corrected chi connectivity index (χ4v) is 2.20. The van der Waals surface area contributed by atoms with E-state index in [0.29, 0.717) is 37.9 Å². The van der Waals surface area contributed by atoms with Gasteiger partial charge >= 0.3 is 0 Å². The lowest BCUT2D eigenvalue weighted by Crippen LogP contribution is -2.33. The molecule has 2 rings (SSSR count). The fourth-order valence-electron chi connectivity index (χ4n) is 2.20. The van der Waals surface area contributed by atoms with Gasteiger partial charge < -0.3 is 24.6 Å². The Balaban J connectivity index is 1.62. The maximum Gasteiger partial charge on any atom is 0.257 e. The predicted octanol–water partition coefficient (Wildman–Crippen LogP) is 2.20. The van der Waals surface area contributed by atoms with Crippen molar-refractivity contribution in [3.05, 3.63) is 48.2 Å². The maximum atomic E-state index is 9.97. The number of para-hydroxylation sites is 1. The van der Waals surface area contributed by atoms with Crippen molar-refractivity contribution in [1.82, 2.24) is 10.3 Å². The third kappa shape index (κ3) is 6.60. The standard InChI is InChI=1S/C19H26N2O4/c1-3-23-18-9-6-10-21-19(18)24-12-11-20-13-16(22)14-25-17-8-5-4-7-15(17)2/h4-10,16,20,22H,3,11-14H2,1-2H3. The highest BCUT2D eigenvalue weighted by atomic mass is 16.5. The fraction of sp³-hybridized carbons (Fsp3) is 0.421. The second kappa shape index (κ2) is 10.5. The molecule has 0 aliphatic heterocycles. The molecule has 0 aliphatic carbocycles. The van der Waals surface area contributed by atoms with E-state index in [1.54, 1.807) is 12.3 Å². The molecule has 0 amide bonds. The third-order valence-corrected chi connectivity index (χ3v) is 3.46. The SMILES string of the molecule is CCOc1cccnc1OCCNCC(O)COc1ccccc1C. The van der Waals surface area contributed by atoms with Gasteiger partial charge in [-0.3, -0.25) is 0 Å². The minimum absolute atomic E-state index is 0.243. The van der Waals surface area contributed by atoms with Gasteiger partial charge in [0.05, 0.1) is 6.61 Å². The van der Waals surface area contributed by atoms with Crippen LogP contribution in [0, 0.1) is 6.92 Å². The van der Waals surface area contributed by atoms with Gasteiger partial charge in [-0.25, -0.2) is 4.98 Å². The number of aliphatic hydroxyl groups is 1. The van der Waals surface area contributed by atoms with E-state index in [1.807, 2.05) is 44.2 Å². The Labute approximate surface area is 148 Å². The van der Waals surface area contributed by atoms with E-state index in [-0.39, 0.29) is 6.61 Å². The molecule has 2 N–H and O–H groups in total. The van der Waals surface area contributed by atoms with Crippen LogP contribution in [0.3, 0.4) is 0 Å². The summed E-state index contributed by atoms with van der Waals surface area (Å²) in [4.78, 5) is 4.16. The number of aryl methyl sites for hydroxylation is 1. The van der Waals surface area contributed by atoms with Gasteiger partial charge in [0.15, 0.2) is 5.75 Å². The Bertz CT molecular complexity index is 636. The Morgan fingerprint density at radius 3 is 2.68 bits per heavy atom. The second-order valence-electron chi connectivity index (χ2n) is 5.52. The topological polar surface area (TPSA) is 72.8 Å². The molecule has 0 radical (unpaired) electrons. The smallest absolute Gasteiger partial charge is 0.257 e. The molecule has 1 atom stereocenters. The van der Waals surface area contributed by atoms with Crippen LogP contribution in [0.1, 0.15) is 12.5 Å². The highest BCUT2D eigenvalue weighted by Crippen LogP contribution is 2.22. The molecule has 0 fully saturated rings. The number of nitrogens with zero attached hydrogens (tertiary/aromatic N) is 1. The van der Waals surface area contributed by atoms with Gasteiger partial charge in [0, 0.05) is 19.3 Å². The molecule has 136 valence electrons. The first-order valence-corrected chi connectivity index (χ1v) is 8.48. The van der Waals surface area contributed by atoms with Crippen LogP contribution in [0.5, 0.6) is 17.4 Å². The summed E-state index contributed by atoms with van der Waals surface area (Å²) in [6.45, 7) is 6.15. The summed E-state index contributed by atoms with van der Waals surface area (Å²) < 4.78 is 16.7. The molecule has 0 aliphatic rings. The van der Waals surface area contributed by atoms with Crippen LogP contribution in [0.25, 0.3) is 0 Å². The predicted molar refractivity (Wildman–Crippen MR) is 96.5 cm³/mol. The van der Waals surface area contributed by atoms with E-state index >= 15 is 0 Å². The summed E-state index contributed by atoms with van der Waals surface area (Å²) in [5.41, 5.74) is 1.05. The molecule has 1 heterocycles. The summed E-state index contributed by atoms with van der Waals surface area (Å²) in [6, 6.07) is 11.4. The minimum atomic E-state index is -0.589. The van der Waals surface area contributed by atoms with E-state index in [9.17, 15) is 5.11 Å². The van der Waals surface area contributed by atoms with Crippen LogP contribution in [0.15, 0.2) is 42.6 Å². The molecule has 1 aromatic carbocycles. The first-order valence-electron chi connectivity index (χ1n) is 8.48. The zero-order chi connectivity index (χ0) is 17.9. The number of rotatable bonds is 11. The van der Waals surface area contributed by atoms with Crippen LogP contribution in [-0.2, 0) is 0 Å². The van der Waals surface area contributed by atoms with Gasteiger partial charge in [0.25, 0.3) is 5.88 Å². The molecule has 0 spiro atoms. The Kier molecular flexibility index (Phi) is 8.01. The van der Waals surface area contributed by atoms with Crippen molar-refractivity contribution < 1.29 is 19.3 Å². The summed E-state index contributed by atoms with van der Waals surface area (Å²) in [5.74, 6) is 1.91. The molecule has 1 aromatic heterocycles. The molecular weight excluding hydrogens is 320 g/mol. The van der Waals surface area contributed by atoms with Gasteiger partial charge in [-0.05, 0) is 37.6 Å². The van der Waals surface area contributed by atoms with Gasteiger partial charge in [-0.15, -0.1) is 0 Å². The normalized spacial score (nSPS) is 11.8. The maximum absolute atomic E-state index is 9.97. The minimum Gasteiger partial charge on any atom is -0.491 e. The van der Waals surface area contributed by atoms with Gasteiger partial charge in [-0.1, -0.05) is 18.2 Å². The van der Waals surface area contributed by atoms with Crippen LogP contribution in [-0.4, -0.2) is 49.1 Å². The second-order valence-corrected chi connectivity index (χ2v) is 5.52. The van der Waals surface area contributed by atoms with E-state index in [1.165, 1.54) is 0 Å². The zero-order valence-corrected chi connectivity index (χ0v) is 14.8. The molecule has 0 saturated heterocycles. The summed E-state index contributed by atoms with van der Waals surface area (Å²) >= 11 is 0. The highest BCUT2D eigenvalue weighted by Gasteiger charge is 2.07. The van der Waals surface area contributed by atoms with Crippen molar-refractivity contribution in [3.63, 3.8) is 0 Å². The molecule has 2 aromatic rings. The molecule has 1 unspecified atom stereocenters. The highest BCUT2D eigenvalue weighted by molar-refractivity contribution is 5.32. The van der Waals surface area contributed by atoms with Crippen LogP contribution in [0.4, 0.5) is 0 Å². The van der Waals surface area contributed by atoms with Gasteiger partial charge in [0.1, 0.15) is 25.1 Å². The molecule has 0 bridgehead atoms. The van der Waals surface area contributed by atoms with Crippen molar-refractivity contribution in [3.8, 4) is 17.4 Å². The molecule has 0 saturated carbocycles. The van der Waals surface area contributed by atoms with Crippen molar-refractivity contribution in [1.29, 1.82) is 0 Å². The van der Waals surface area contributed by atoms with E-state index < -0.39 is 6.10 Å². The summed E-state index contributed by atoms with van der Waals surface area (Å²) in [5, 5.41) is 13.1. The first kappa shape index (κ1) is 19.0. The Morgan fingerprint density at radius 2 is 1.88 bits per heavy atom. The quantitative estimate of drug-likeness (QED) is 0.608. The lowest BCUT2D eigenvalue weighted by Gasteiger charge is -2.15. The molecule has 6 heteroatoms. The Morgan fingerprint density at radius 1 is 1.08 bits per heavy atom. The number of aliphatic hydroxyl groups excluding tert-OH is 1. The lowest BCUT2D eigenvalue weighted by atomic mass is 10.2. The first-order chi connectivity index (χ1) is 12.2. The van der Waals surface area contributed by atoms with Crippen molar-refractivity contribution in [2.75, 3.05) is 32.9 Å². The number of pyridine rings is 1. The number of hydrogen-bond donors (Lipinski definition) is 2. The van der Waals surface area contributed by atoms with Crippen LogP contribution >= 0.6 is 0 Å². The van der Waals surface area contributed by atoms with Gasteiger partial charge in [0.2, 0.25) is 0 Å². The molecule has 25 heavy (non-hydrogen) atoms. The third-order valence-electron chi connectivity index (χ3n) is 3.46. The molecule has 6 nitrogen and oxygen atoms in total. The van der Waals surface area contributed by atoms with Crippen LogP contribution in [0.2, 0.25) is 0 Å². The van der Waals surface area contributed by atoms with E-state index in [4.69, 9.17) is 14.2 Å². The van der Waals surface area contributed by atoms with Crippen molar-refractivity contribution in [2.45, 2.75) is 20.0 Å². The monoisotopic (exact) mass is 346 g/mol. The van der Waals surface area contributed by atoms with Crippen LogP contribution < -0.4 is 19.5 Å². The average molecular weight is 346 g/mol. The number of hydrogen-bond acceptors (Lipinski definition) is 6. The number of aromatic nitrogens is 1. The van der Waals surface area contributed by atoms with E-state index in [2.05, 4.69) is 10.3 Å². The van der Waals surface area contributed by atoms with Crippen molar-refractivity contribution >= 4 is 0 Å². The summed E-state index contributed by atoms with van der Waals surface area (Å²) in [7, 11) is 0. The average Bonchev–Trinajstić information content (AvgIpc) is 2.62. The zero-order valence-electron chi connectivity index (χ0n) is 14.8. The number of nitrogens with one attached hydrogen (secondary N) is 1. The lowest BCUT2D eigenvalue weighted by molar-refractivity contribution is 0.105. The molecular formula is C19H26N2O4. The Hall–Kier alpha value is -2.31. The van der Waals surface area contributed by atoms with E-state index in [0.717, 1.165) is 11.3 Å². The number of benzene rings is 1.